The molecule has 1 radical (unpaired) electrons. The quantitative estimate of drug-likeness (QED) is 0.620. The molecule has 95 valence electrons. The van der Waals surface area contributed by atoms with Crippen LogP contribution in [0.4, 0.5) is 0 Å². The van der Waals surface area contributed by atoms with Crippen molar-refractivity contribution in [2.75, 3.05) is 6.61 Å². The van der Waals surface area contributed by atoms with E-state index in [0.29, 0.717) is 17.7 Å². The first-order valence-electron chi connectivity index (χ1n) is 5.93. The van der Waals surface area contributed by atoms with Crippen LogP contribution < -0.4 is 4.74 Å². The molecule has 2 nitrogen and oxygen atoms in total. The minimum atomic E-state index is 0. The largest absolute Gasteiger partial charge is 0.496 e. The monoisotopic (exact) mass is 328 g/mol. The van der Waals surface area contributed by atoms with Crippen LogP contribution in [0.2, 0.25) is 0 Å². The van der Waals surface area contributed by atoms with Gasteiger partial charge in [-0.2, -0.15) is 0 Å². The maximum Gasteiger partial charge on any atom is 0.193 e. The van der Waals surface area contributed by atoms with Crippen LogP contribution in [0.5, 0.6) is 5.75 Å². The second-order valence-corrected chi connectivity index (χ2v) is 3.92. The van der Waals surface area contributed by atoms with Gasteiger partial charge in [-0.15, -0.1) is 6.42 Å². The van der Waals surface area contributed by atoms with E-state index in [1.165, 1.54) is 0 Å². The average molecular weight is 328 g/mol. The Morgan fingerprint density at radius 1 is 0.947 bits per heavy atom. The molecule has 0 saturated carbocycles. The molecule has 0 bridgehead atoms. The fraction of sp³-hybridized carbons (Fsp3) is 0.125. The van der Waals surface area contributed by atoms with Gasteiger partial charge in [-0.1, -0.05) is 30.3 Å². The normalized spacial score (nSPS) is 9.53. The molecule has 19 heavy (non-hydrogen) atoms. The Hall–Kier alpha value is -0.986. The van der Waals surface area contributed by atoms with Gasteiger partial charge in [0.1, 0.15) is 5.75 Å². The number of ketones is 1. The van der Waals surface area contributed by atoms with Gasteiger partial charge < -0.3 is 11.7 Å². The molecule has 2 aromatic rings. The molecule has 3 heteroatoms. The SMILES string of the molecule is [CH2-]CCOc1ccc(C(=O)c2ccccc2)cc1.[Y]. The standard InChI is InChI=1S/C16H15O2.Y/c1-2-12-18-15-10-8-14(9-11-15)16(17)13-6-4-3-5-7-13;/h3-11H,1-2,12H2;/q-1;. The van der Waals surface area contributed by atoms with Crippen molar-refractivity contribution in [3.8, 4) is 5.75 Å². The summed E-state index contributed by atoms with van der Waals surface area (Å²) in [6, 6.07) is 16.4. The van der Waals surface area contributed by atoms with E-state index in [1.54, 1.807) is 12.1 Å². The van der Waals surface area contributed by atoms with Crippen LogP contribution in [-0.2, 0) is 32.7 Å². The van der Waals surface area contributed by atoms with E-state index in [4.69, 9.17) is 4.74 Å². The molecule has 0 spiro atoms. The summed E-state index contributed by atoms with van der Waals surface area (Å²) >= 11 is 0. The fourth-order valence-electron chi connectivity index (χ4n) is 1.65. The Morgan fingerprint density at radius 2 is 1.53 bits per heavy atom. The van der Waals surface area contributed by atoms with E-state index in [2.05, 4.69) is 6.92 Å². The zero-order valence-corrected chi connectivity index (χ0v) is 13.5. The number of benzene rings is 2. The first-order valence-corrected chi connectivity index (χ1v) is 5.93. The molecule has 2 rings (SSSR count). The Labute approximate surface area is 139 Å². The summed E-state index contributed by atoms with van der Waals surface area (Å²) in [5.74, 6) is 0.794. The summed E-state index contributed by atoms with van der Waals surface area (Å²) in [7, 11) is 0. The van der Waals surface area contributed by atoms with E-state index in [1.807, 2.05) is 42.5 Å². The van der Waals surface area contributed by atoms with Gasteiger partial charge in [0.05, 0.1) is 6.61 Å². The predicted molar refractivity (Wildman–Crippen MR) is 71.8 cm³/mol. The Balaban J connectivity index is 0.00000180. The second kappa shape index (κ2) is 8.24. The number of carbonyl (C=O) groups excluding carboxylic acids is 1. The van der Waals surface area contributed by atoms with Gasteiger partial charge in [0.2, 0.25) is 0 Å². The van der Waals surface area contributed by atoms with Crippen molar-refractivity contribution >= 4 is 5.78 Å². The van der Waals surface area contributed by atoms with Gasteiger partial charge in [0.25, 0.3) is 0 Å². The summed E-state index contributed by atoms with van der Waals surface area (Å²) in [6.45, 7) is 4.30. The van der Waals surface area contributed by atoms with Crippen LogP contribution in [0.3, 0.4) is 0 Å². The van der Waals surface area contributed by atoms with Gasteiger partial charge in [-0.3, -0.25) is 4.79 Å². The summed E-state index contributed by atoms with van der Waals surface area (Å²) in [5.41, 5.74) is 1.37. The smallest absolute Gasteiger partial charge is 0.193 e. The molecule has 0 aliphatic carbocycles. The second-order valence-electron chi connectivity index (χ2n) is 3.92. The summed E-state index contributed by atoms with van der Waals surface area (Å²) < 4.78 is 5.42. The van der Waals surface area contributed by atoms with Gasteiger partial charge in [-0.05, 0) is 24.3 Å². The van der Waals surface area contributed by atoms with Crippen LogP contribution in [-0.4, -0.2) is 12.4 Å². The zero-order valence-electron chi connectivity index (χ0n) is 10.7. The molecule has 0 aliphatic heterocycles. The Bertz CT molecular complexity index is 506. The van der Waals surface area contributed by atoms with Gasteiger partial charge in [-0.25, -0.2) is 0 Å². The van der Waals surface area contributed by atoms with E-state index in [-0.39, 0.29) is 38.5 Å². The number of ether oxygens (including phenoxy) is 1. The predicted octanol–water partition coefficient (Wildman–Crippen LogP) is 3.52. The topological polar surface area (TPSA) is 26.3 Å². The number of rotatable bonds is 5. The van der Waals surface area contributed by atoms with Crippen molar-refractivity contribution < 1.29 is 42.2 Å². The summed E-state index contributed by atoms with van der Waals surface area (Å²) in [4.78, 5) is 12.1. The molecule has 0 saturated heterocycles. The Morgan fingerprint density at radius 3 is 2.11 bits per heavy atom. The van der Waals surface area contributed by atoms with Crippen LogP contribution >= 0.6 is 0 Å². The molecule has 0 unspecified atom stereocenters. The molecule has 0 fully saturated rings. The van der Waals surface area contributed by atoms with E-state index < -0.39 is 0 Å². The van der Waals surface area contributed by atoms with Crippen molar-refractivity contribution in [1.82, 2.24) is 0 Å². The summed E-state index contributed by atoms with van der Waals surface area (Å²) in [6.07, 6.45) is 0.727. The average Bonchev–Trinajstić information content (AvgIpc) is 2.46. The molecule has 0 aliphatic rings. The Kier molecular flexibility index (Phi) is 6.97. The van der Waals surface area contributed by atoms with E-state index in [9.17, 15) is 4.79 Å². The van der Waals surface area contributed by atoms with E-state index in [0.717, 1.165) is 12.2 Å². The van der Waals surface area contributed by atoms with Crippen LogP contribution in [0.25, 0.3) is 0 Å². The molecule has 0 atom stereocenters. The van der Waals surface area contributed by atoms with Gasteiger partial charge >= 0.3 is 0 Å². The first kappa shape index (κ1) is 16.1. The molecule has 0 N–H and O–H groups in total. The first-order chi connectivity index (χ1) is 8.81. The summed E-state index contributed by atoms with van der Waals surface area (Å²) in [5, 5.41) is 0. The third-order valence-electron chi connectivity index (χ3n) is 2.57. The van der Waals surface area contributed by atoms with Crippen molar-refractivity contribution in [2.45, 2.75) is 6.42 Å². The van der Waals surface area contributed by atoms with Crippen LogP contribution in [0, 0.1) is 6.92 Å². The van der Waals surface area contributed by atoms with Crippen molar-refractivity contribution in [3.05, 3.63) is 72.6 Å². The third-order valence-corrected chi connectivity index (χ3v) is 2.57. The zero-order chi connectivity index (χ0) is 12.8. The molecule has 0 heterocycles. The molecular formula is C16H15O2Y-. The minimum absolute atomic E-state index is 0. The molecule has 0 amide bonds. The molecular weight excluding hydrogens is 313 g/mol. The minimum Gasteiger partial charge on any atom is -0.496 e. The number of hydrogen-bond donors (Lipinski definition) is 0. The van der Waals surface area contributed by atoms with Crippen molar-refractivity contribution in [3.63, 3.8) is 0 Å². The van der Waals surface area contributed by atoms with Crippen molar-refractivity contribution in [1.29, 1.82) is 0 Å². The maximum atomic E-state index is 12.1. The molecule has 0 aromatic heterocycles. The third kappa shape index (κ3) is 4.56. The van der Waals surface area contributed by atoms with Crippen LogP contribution in [0.15, 0.2) is 54.6 Å². The van der Waals surface area contributed by atoms with E-state index >= 15 is 0 Å². The van der Waals surface area contributed by atoms with Crippen LogP contribution in [0.1, 0.15) is 22.3 Å². The molecule has 2 aromatic carbocycles. The van der Waals surface area contributed by atoms with Crippen molar-refractivity contribution in [2.24, 2.45) is 0 Å². The maximum absolute atomic E-state index is 12.1. The fourth-order valence-corrected chi connectivity index (χ4v) is 1.65. The van der Waals surface area contributed by atoms with Gasteiger partial charge in [0.15, 0.2) is 5.78 Å². The number of carbonyl (C=O) groups is 1. The number of hydrogen-bond acceptors (Lipinski definition) is 2. The van der Waals surface area contributed by atoms with Gasteiger partial charge in [0, 0.05) is 43.8 Å².